The molecule has 0 heterocycles. The zero-order chi connectivity index (χ0) is 14.0. The minimum atomic E-state index is -0.433. The van der Waals surface area contributed by atoms with Crippen LogP contribution in [0.2, 0.25) is 5.02 Å². The normalized spacial score (nSPS) is 10.1. The third-order valence-electron chi connectivity index (χ3n) is 2.39. The maximum atomic E-state index is 13.2. The molecule has 2 aromatic carbocycles. The van der Waals surface area contributed by atoms with Gasteiger partial charge in [0.05, 0.1) is 22.0 Å². The Bertz CT molecular complexity index is 660. The average molecular weight is 404 g/mol. The summed E-state index contributed by atoms with van der Waals surface area (Å²) in [5.74, 6) is -0.433. The van der Waals surface area contributed by atoms with Crippen LogP contribution in [0, 0.1) is 17.1 Å². The van der Waals surface area contributed by atoms with E-state index in [0.717, 1.165) is 0 Å². The molecule has 0 saturated carbocycles. The first kappa shape index (κ1) is 14.3. The second-order valence-corrected chi connectivity index (χ2v) is 5.76. The van der Waals surface area contributed by atoms with Crippen LogP contribution in [0.15, 0.2) is 39.3 Å². The summed E-state index contributed by atoms with van der Waals surface area (Å²) in [6.07, 6.45) is 0. The van der Waals surface area contributed by atoms with E-state index in [9.17, 15) is 4.39 Å². The van der Waals surface area contributed by atoms with Gasteiger partial charge in [0, 0.05) is 8.95 Å². The minimum absolute atomic E-state index is 0.232. The largest absolute Gasteiger partial charge is 0.352 e. The lowest BCUT2D eigenvalue weighted by molar-refractivity contribution is 0.627. The Kier molecular flexibility index (Phi) is 4.46. The van der Waals surface area contributed by atoms with Crippen molar-refractivity contribution in [3.8, 4) is 6.07 Å². The summed E-state index contributed by atoms with van der Waals surface area (Å²) < 4.78 is 14.3. The quantitative estimate of drug-likeness (QED) is 0.705. The third-order valence-corrected chi connectivity index (χ3v) is 3.98. The lowest BCUT2D eigenvalue weighted by Gasteiger charge is -2.12. The van der Waals surface area contributed by atoms with Crippen molar-refractivity contribution in [1.29, 1.82) is 5.26 Å². The van der Waals surface area contributed by atoms with Gasteiger partial charge in [0.1, 0.15) is 11.9 Å². The maximum absolute atomic E-state index is 13.2. The molecule has 0 aliphatic carbocycles. The monoisotopic (exact) mass is 402 g/mol. The molecule has 6 heteroatoms. The molecule has 0 bridgehead atoms. The van der Waals surface area contributed by atoms with Crippen molar-refractivity contribution in [1.82, 2.24) is 0 Å². The predicted octanol–water partition coefficient (Wildman–Crippen LogP) is 5.62. The van der Waals surface area contributed by atoms with E-state index >= 15 is 0 Å². The van der Waals surface area contributed by atoms with E-state index in [1.807, 2.05) is 0 Å². The van der Waals surface area contributed by atoms with Gasteiger partial charge in [-0.3, -0.25) is 0 Å². The molecule has 96 valence electrons. The Balaban J connectivity index is 2.49. The van der Waals surface area contributed by atoms with E-state index in [1.165, 1.54) is 12.1 Å². The van der Waals surface area contributed by atoms with E-state index in [0.29, 0.717) is 25.9 Å². The van der Waals surface area contributed by atoms with E-state index in [4.69, 9.17) is 16.9 Å². The predicted molar refractivity (Wildman–Crippen MR) is 81.2 cm³/mol. The smallest absolute Gasteiger partial charge is 0.125 e. The summed E-state index contributed by atoms with van der Waals surface area (Å²) in [4.78, 5) is 0. The van der Waals surface area contributed by atoms with Gasteiger partial charge in [-0.25, -0.2) is 4.39 Å². The molecule has 2 rings (SSSR count). The highest BCUT2D eigenvalue weighted by Gasteiger charge is 2.12. The van der Waals surface area contributed by atoms with E-state index in [1.54, 1.807) is 18.2 Å². The Hall–Kier alpha value is -1.09. The molecule has 2 nitrogen and oxygen atoms in total. The van der Waals surface area contributed by atoms with Crippen molar-refractivity contribution in [2.75, 3.05) is 5.32 Å². The molecule has 0 atom stereocenters. The van der Waals surface area contributed by atoms with E-state index in [2.05, 4.69) is 43.2 Å². The topological polar surface area (TPSA) is 35.8 Å². The fourth-order valence-corrected chi connectivity index (χ4v) is 2.89. The average Bonchev–Trinajstić information content (AvgIpc) is 2.34. The van der Waals surface area contributed by atoms with Crippen LogP contribution < -0.4 is 5.32 Å². The molecule has 0 saturated heterocycles. The van der Waals surface area contributed by atoms with Crippen molar-refractivity contribution in [3.63, 3.8) is 0 Å². The number of anilines is 2. The van der Waals surface area contributed by atoms with Gasteiger partial charge < -0.3 is 5.32 Å². The number of nitrogens with zero attached hydrogens (tertiary/aromatic N) is 1. The van der Waals surface area contributed by atoms with Crippen molar-refractivity contribution in [3.05, 3.63) is 55.7 Å². The van der Waals surface area contributed by atoms with Gasteiger partial charge in [-0.1, -0.05) is 17.7 Å². The molecular weight excluding hydrogens is 398 g/mol. The summed E-state index contributed by atoms with van der Waals surface area (Å²) >= 11 is 12.5. The number of rotatable bonds is 2. The van der Waals surface area contributed by atoms with E-state index < -0.39 is 5.82 Å². The SMILES string of the molecule is N#Cc1c(Br)cccc1Nc1c(Cl)cc(F)cc1Br. The summed E-state index contributed by atoms with van der Waals surface area (Å²) in [5.41, 5.74) is 1.55. The fourth-order valence-electron chi connectivity index (χ4n) is 1.54. The molecule has 0 radical (unpaired) electrons. The van der Waals surface area contributed by atoms with E-state index in [-0.39, 0.29) is 5.02 Å². The third kappa shape index (κ3) is 3.08. The first-order chi connectivity index (χ1) is 9.02. The summed E-state index contributed by atoms with van der Waals surface area (Å²) in [7, 11) is 0. The van der Waals surface area contributed by atoms with Gasteiger partial charge in [0.2, 0.25) is 0 Å². The molecule has 0 spiro atoms. The van der Waals surface area contributed by atoms with Gasteiger partial charge >= 0.3 is 0 Å². The van der Waals surface area contributed by atoms with Crippen LogP contribution in [0.25, 0.3) is 0 Å². The number of hydrogen-bond donors (Lipinski definition) is 1. The second kappa shape index (κ2) is 5.91. The molecule has 0 amide bonds. The molecule has 19 heavy (non-hydrogen) atoms. The highest BCUT2D eigenvalue weighted by molar-refractivity contribution is 9.11. The molecule has 0 aliphatic heterocycles. The summed E-state index contributed by atoms with van der Waals surface area (Å²) in [6, 6.07) is 9.91. The molecular formula is C13H6Br2ClFN2. The van der Waals surface area contributed by atoms with Crippen molar-refractivity contribution >= 4 is 54.8 Å². The second-order valence-electron chi connectivity index (χ2n) is 3.64. The maximum Gasteiger partial charge on any atom is 0.125 e. The van der Waals surface area contributed by atoms with Crippen LogP contribution in [0.3, 0.4) is 0 Å². The van der Waals surface area contributed by atoms with Crippen LogP contribution in [0.5, 0.6) is 0 Å². The van der Waals surface area contributed by atoms with Gasteiger partial charge in [0.15, 0.2) is 0 Å². The number of halogens is 4. The number of nitrogens with one attached hydrogen (secondary N) is 1. The number of benzene rings is 2. The fraction of sp³-hybridized carbons (Fsp3) is 0. The lowest BCUT2D eigenvalue weighted by Crippen LogP contribution is -1.96. The molecule has 0 aliphatic rings. The van der Waals surface area contributed by atoms with Crippen molar-refractivity contribution in [2.24, 2.45) is 0 Å². The van der Waals surface area contributed by atoms with Crippen LogP contribution in [-0.4, -0.2) is 0 Å². The zero-order valence-corrected chi connectivity index (χ0v) is 13.3. The number of hydrogen-bond acceptors (Lipinski definition) is 2. The van der Waals surface area contributed by atoms with Crippen LogP contribution >= 0.6 is 43.5 Å². The van der Waals surface area contributed by atoms with Crippen LogP contribution in [0.1, 0.15) is 5.56 Å². The van der Waals surface area contributed by atoms with Crippen molar-refractivity contribution < 1.29 is 4.39 Å². The molecule has 0 unspecified atom stereocenters. The van der Waals surface area contributed by atoms with Gasteiger partial charge in [-0.2, -0.15) is 5.26 Å². The molecule has 2 aromatic rings. The molecule has 1 N–H and O–H groups in total. The first-order valence-corrected chi connectivity index (χ1v) is 7.09. The summed E-state index contributed by atoms with van der Waals surface area (Å²) in [6.45, 7) is 0. The highest BCUT2D eigenvalue weighted by atomic mass is 79.9. The molecule has 0 fully saturated rings. The lowest BCUT2D eigenvalue weighted by atomic mass is 10.2. The van der Waals surface area contributed by atoms with Crippen LogP contribution in [0.4, 0.5) is 15.8 Å². The first-order valence-electron chi connectivity index (χ1n) is 5.13. The minimum Gasteiger partial charge on any atom is -0.352 e. The zero-order valence-electron chi connectivity index (χ0n) is 9.35. The van der Waals surface area contributed by atoms with Crippen molar-refractivity contribution in [2.45, 2.75) is 0 Å². The molecule has 0 aromatic heterocycles. The van der Waals surface area contributed by atoms with Crippen LogP contribution in [-0.2, 0) is 0 Å². The number of nitriles is 1. The summed E-state index contributed by atoms with van der Waals surface area (Å²) in [5, 5.41) is 12.4. The standard InChI is InChI=1S/C13H6Br2ClFN2/c14-9-2-1-3-12(8(9)6-18)19-13-10(15)4-7(17)5-11(13)16/h1-5,19H. The van der Waals surface area contributed by atoms with Gasteiger partial charge in [-0.05, 0) is 56.1 Å². The highest BCUT2D eigenvalue weighted by Crippen LogP contribution is 2.35. The van der Waals surface area contributed by atoms with Gasteiger partial charge in [-0.15, -0.1) is 0 Å². The Morgan fingerprint density at radius 3 is 2.58 bits per heavy atom. The Morgan fingerprint density at radius 2 is 1.95 bits per heavy atom. The Labute approximate surface area is 131 Å². The van der Waals surface area contributed by atoms with Gasteiger partial charge in [0.25, 0.3) is 0 Å². The Morgan fingerprint density at radius 1 is 1.21 bits per heavy atom.